The van der Waals surface area contributed by atoms with Crippen molar-refractivity contribution in [1.82, 2.24) is 0 Å². The summed E-state index contributed by atoms with van der Waals surface area (Å²) in [5.74, 6) is -2.32. The van der Waals surface area contributed by atoms with Gasteiger partial charge in [0.2, 0.25) is 0 Å². The highest BCUT2D eigenvalue weighted by atomic mass is 35.5. The highest BCUT2D eigenvalue weighted by Crippen LogP contribution is 2.36. The molecular formula is C16H9ClF3N3O2. The van der Waals surface area contributed by atoms with Crippen LogP contribution in [0.1, 0.15) is 11.1 Å². The number of nitriles is 1. The summed E-state index contributed by atoms with van der Waals surface area (Å²) in [6.45, 7) is 0. The van der Waals surface area contributed by atoms with Crippen LogP contribution in [0.3, 0.4) is 0 Å². The first-order chi connectivity index (χ1) is 11.7. The minimum Gasteiger partial charge on any atom is -0.318 e. The zero-order valence-electron chi connectivity index (χ0n) is 12.3. The van der Waals surface area contributed by atoms with E-state index < -0.39 is 28.6 Å². The van der Waals surface area contributed by atoms with Crippen LogP contribution in [0.2, 0.25) is 5.02 Å². The summed E-state index contributed by atoms with van der Waals surface area (Å²) in [5.41, 5.74) is -1.14. The van der Waals surface area contributed by atoms with Crippen molar-refractivity contribution < 1.29 is 22.8 Å². The SMILES string of the molecule is N#Cc1ccccc1NC(=O)C(=O)Nc1ccc(Cl)c(C(F)(F)F)c1. The van der Waals surface area contributed by atoms with Gasteiger partial charge in [0, 0.05) is 5.69 Å². The lowest BCUT2D eigenvalue weighted by Gasteiger charge is -2.12. The average Bonchev–Trinajstić information content (AvgIpc) is 2.56. The van der Waals surface area contributed by atoms with E-state index >= 15 is 0 Å². The van der Waals surface area contributed by atoms with Gasteiger partial charge in [-0.25, -0.2) is 0 Å². The molecule has 0 heterocycles. The number of anilines is 2. The van der Waals surface area contributed by atoms with Crippen molar-refractivity contribution in [2.45, 2.75) is 6.18 Å². The van der Waals surface area contributed by atoms with E-state index in [1.807, 2.05) is 11.4 Å². The van der Waals surface area contributed by atoms with Crippen LogP contribution in [0.4, 0.5) is 24.5 Å². The van der Waals surface area contributed by atoms with Crippen molar-refractivity contribution in [2.24, 2.45) is 0 Å². The number of nitrogens with one attached hydrogen (secondary N) is 2. The Hall–Kier alpha value is -3.05. The number of halogens is 4. The Morgan fingerprint density at radius 2 is 1.68 bits per heavy atom. The van der Waals surface area contributed by atoms with E-state index in [1.54, 1.807) is 12.1 Å². The quantitative estimate of drug-likeness (QED) is 0.792. The standard InChI is InChI=1S/C16H9ClF3N3O2/c17-12-6-5-10(7-11(12)16(18,19)20)22-14(24)15(25)23-13-4-2-1-3-9(13)8-21/h1-7H,(H,22,24)(H,23,25). The van der Waals surface area contributed by atoms with E-state index in [4.69, 9.17) is 16.9 Å². The molecule has 0 saturated heterocycles. The molecular weight excluding hydrogens is 359 g/mol. The van der Waals surface area contributed by atoms with Gasteiger partial charge in [-0.3, -0.25) is 9.59 Å². The molecule has 2 rings (SSSR count). The molecule has 0 aliphatic carbocycles. The van der Waals surface area contributed by atoms with Gasteiger partial charge < -0.3 is 10.6 Å². The Balaban J connectivity index is 2.15. The van der Waals surface area contributed by atoms with Gasteiger partial charge in [-0.15, -0.1) is 0 Å². The average molecular weight is 368 g/mol. The minimum atomic E-state index is -4.70. The molecule has 0 atom stereocenters. The smallest absolute Gasteiger partial charge is 0.318 e. The molecule has 9 heteroatoms. The molecule has 0 fully saturated rings. The van der Waals surface area contributed by atoms with Crippen molar-refractivity contribution in [3.63, 3.8) is 0 Å². The highest BCUT2D eigenvalue weighted by molar-refractivity contribution is 6.43. The fourth-order valence-corrected chi connectivity index (χ4v) is 2.10. The van der Waals surface area contributed by atoms with Gasteiger partial charge in [0.1, 0.15) is 6.07 Å². The maximum Gasteiger partial charge on any atom is 0.417 e. The molecule has 0 radical (unpaired) electrons. The van der Waals surface area contributed by atoms with Crippen LogP contribution >= 0.6 is 11.6 Å². The number of amides is 2. The summed E-state index contributed by atoms with van der Waals surface area (Å²) < 4.78 is 38.4. The number of carbonyl (C=O) groups excluding carboxylic acids is 2. The largest absolute Gasteiger partial charge is 0.417 e. The molecule has 2 N–H and O–H groups in total. The van der Waals surface area contributed by atoms with E-state index in [0.29, 0.717) is 6.07 Å². The van der Waals surface area contributed by atoms with Crippen LogP contribution in [0.15, 0.2) is 42.5 Å². The van der Waals surface area contributed by atoms with Crippen molar-refractivity contribution in [2.75, 3.05) is 10.6 Å². The first-order valence-corrected chi connectivity index (χ1v) is 7.08. The number of rotatable bonds is 2. The molecule has 2 amide bonds. The van der Waals surface area contributed by atoms with Crippen LogP contribution in [-0.4, -0.2) is 11.8 Å². The highest BCUT2D eigenvalue weighted by Gasteiger charge is 2.33. The summed E-state index contributed by atoms with van der Waals surface area (Å²) >= 11 is 5.48. The van der Waals surface area contributed by atoms with E-state index in [1.165, 1.54) is 12.1 Å². The van der Waals surface area contributed by atoms with Crippen LogP contribution in [0, 0.1) is 11.3 Å². The molecule has 0 aromatic heterocycles. The fourth-order valence-electron chi connectivity index (χ4n) is 1.88. The summed E-state index contributed by atoms with van der Waals surface area (Å²) in [7, 11) is 0. The number of hydrogen-bond donors (Lipinski definition) is 2. The van der Waals surface area contributed by atoms with Gasteiger partial charge in [0.25, 0.3) is 0 Å². The van der Waals surface area contributed by atoms with Gasteiger partial charge in [0.15, 0.2) is 0 Å². The molecule has 5 nitrogen and oxygen atoms in total. The summed E-state index contributed by atoms with van der Waals surface area (Å²) in [6, 6.07) is 10.5. The number of carbonyl (C=O) groups is 2. The van der Waals surface area contributed by atoms with Gasteiger partial charge >= 0.3 is 18.0 Å². The molecule has 2 aromatic carbocycles. The Morgan fingerprint density at radius 3 is 2.32 bits per heavy atom. The molecule has 0 bridgehead atoms. The fraction of sp³-hybridized carbons (Fsp3) is 0.0625. The summed E-state index contributed by atoms with van der Waals surface area (Å²) in [5, 5.41) is 12.6. The second-order valence-corrected chi connectivity index (χ2v) is 5.17. The Kier molecular flexibility index (Phi) is 5.29. The van der Waals surface area contributed by atoms with E-state index in [2.05, 4.69) is 5.32 Å². The predicted octanol–water partition coefficient (Wildman–Crippen LogP) is 3.81. The third-order valence-electron chi connectivity index (χ3n) is 3.03. The van der Waals surface area contributed by atoms with E-state index in [9.17, 15) is 22.8 Å². The Labute approximate surface area is 145 Å². The molecule has 0 unspecified atom stereocenters. The predicted molar refractivity (Wildman–Crippen MR) is 84.9 cm³/mol. The van der Waals surface area contributed by atoms with Gasteiger partial charge in [0.05, 0.1) is 21.8 Å². The van der Waals surface area contributed by atoms with Crippen molar-refractivity contribution in [1.29, 1.82) is 5.26 Å². The number of alkyl halides is 3. The summed E-state index contributed by atoms with van der Waals surface area (Å²) in [6.07, 6.45) is -4.70. The van der Waals surface area contributed by atoms with Gasteiger partial charge in [-0.2, -0.15) is 18.4 Å². The number of hydrogen-bond acceptors (Lipinski definition) is 3. The van der Waals surface area contributed by atoms with Crippen molar-refractivity contribution in [3.05, 3.63) is 58.6 Å². The van der Waals surface area contributed by atoms with Crippen LogP contribution < -0.4 is 10.6 Å². The lowest BCUT2D eigenvalue weighted by Crippen LogP contribution is -2.29. The lowest BCUT2D eigenvalue weighted by molar-refractivity contribution is -0.137. The Bertz CT molecular complexity index is 876. The monoisotopic (exact) mass is 367 g/mol. The first-order valence-electron chi connectivity index (χ1n) is 6.70. The molecule has 0 aliphatic heterocycles. The van der Waals surface area contributed by atoms with Crippen LogP contribution in [0.5, 0.6) is 0 Å². The molecule has 25 heavy (non-hydrogen) atoms. The molecule has 128 valence electrons. The van der Waals surface area contributed by atoms with E-state index in [-0.39, 0.29) is 16.9 Å². The second-order valence-electron chi connectivity index (χ2n) is 4.76. The zero-order valence-corrected chi connectivity index (χ0v) is 13.1. The van der Waals surface area contributed by atoms with Crippen molar-refractivity contribution >= 4 is 34.8 Å². The van der Waals surface area contributed by atoms with Crippen molar-refractivity contribution in [3.8, 4) is 6.07 Å². The summed E-state index contributed by atoms with van der Waals surface area (Å²) in [4.78, 5) is 23.7. The number of nitrogens with zero attached hydrogens (tertiary/aromatic N) is 1. The zero-order chi connectivity index (χ0) is 18.6. The lowest BCUT2D eigenvalue weighted by atomic mass is 10.2. The first kappa shape index (κ1) is 18.3. The third-order valence-corrected chi connectivity index (χ3v) is 3.36. The normalized spacial score (nSPS) is 10.7. The molecule has 0 saturated carbocycles. The second kappa shape index (κ2) is 7.23. The number of benzene rings is 2. The van der Waals surface area contributed by atoms with Gasteiger partial charge in [-0.1, -0.05) is 23.7 Å². The molecule has 2 aromatic rings. The maximum atomic E-state index is 12.8. The Morgan fingerprint density at radius 1 is 1.04 bits per heavy atom. The maximum absolute atomic E-state index is 12.8. The number of para-hydroxylation sites is 1. The third kappa shape index (κ3) is 4.49. The van der Waals surface area contributed by atoms with Gasteiger partial charge in [-0.05, 0) is 30.3 Å². The minimum absolute atomic E-state index is 0.109. The topological polar surface area (TPSA) is 82.0 Å². The van der Waals surface area contributed by atoms with E-state index in [0.717, 1.165) is 12.1 Å². The van der Waals surface area contributed by atoms with Crippen LogP contribution in [0.25, 0.3) is 0 Å². The molecule has 0 aliphatic rings. The van der Waals surface area contributed by atoms with Crippen LogP contribution in [-0.2, 0) is 15.8 Å². The molecule has 0 spiro atoms.